The number of hydrogen-bond donors (Lipinski definition) is 1. The quantitative estimate of drug-likeness (QED) is 0.764. The number of rotatable bonds is 6. The van der Waals surface area contributed by atoms with Crippen molar-refractivity contribution in [1.29, 1.82) is 0 Å². The molecule has 0 spiro atoms. The topological polar surface area (TPSA) is 32.3 Å². The fourth-order valence-corrected chi connectivity index (χ4v) is 2.61. The lowest BCUT2D eigenvalue weighted by molar-refractivity contribution is 0.216. The summed E-state index contributed by atoms with van der Waals surface area (Å²) in [6.45, 7) is 7.51. The second-order valence-electron chi connectivity index (χ2n) is 6.07. The smallest absolute Gasteiger partial charge is 0.321 e. The third kappa shape index (κ3) is 5.27. The molecule has 0 fully saturated rings. The van der Waals surface area contributed by atoms with E-state index in [4.69, 9.17) is 0 Å². The first-order valence-corrected chi connectivity index (χ1v) is 8.44. The SMILES string of the molecule is CCCN(C/C(C)=C/c1ccccc1)C(=O)Nc1ccccc1C. The summed E-state index contributed by atoms with van der Waals surface area (Å²) in [5.41, 5.74) is 4.26. The monoisotopic (exact) mass is 322 g/mol. The Morgan fingerprint density at radius 3 is 2.42 bits per heavy atom. The molecule has 0 radical (unpaired) electrons. The van der Waals surface area contributed by atoms with Gasteiger partial charge in [0.1, 0.15) is 0 Å². The molecule has 1 N–H and O–H groups in total. The zero-order chi connectivity index (χ0) is 17.4. The number of para-hydroxylation sites is 1. The Labute approximate surface area is 145 Å². The first-order chi connectivity index (χ1) is 11.6. The second kappa shape index (κ2) is 8.92. The van der Waals surface area contributed by atoms with E-state index in [-0.39, 0.29) is 6.03 Å². The number of aryl methyl sites for hydroxylation is 1. The summed E-state index contributed by atoms with van der Waals surface area (Å²) in [5.74, 6) is 0. The molecule has 2 aromatic carbocycles. The van der Waals surface area contributed by atoms with Gasteiger partial charge in [-0.05, 0) is 37.5 Å². The Bertz CT molecular complexity index is 692. The van der Waals surface area contributed by atoms with Gasteiger partial charge >= 0.3 is 6.03 Å². The van der Waals surface area contributed by atoms with Crippen molar-refractivity contribution in [2.45, 2.75) is 27.2 Å². The minimum absolute atomic E-state index is 0.0491. The molecule has 0 heterocycles. The number of amides is 2. The first-order valence-electron chi connectivity index (χ1n) is 8.44. The third-order valence-electron chi connectivity index (χ3n) is 3.82. The molecule has 0 unspecified atom stereocenters. The summed E-state index contributed by atoms with van der Waals surface area (Å²) < 4.78 is 0. The van der Waals surface area contributed by atoms with Gasteiger partial charge in [-0.1, -0.05) is 67.1 Å². The number of carbonyl (C=O) groups excluding carboxylic acids is 1. The van der Waals surface area contributed by atoms with E-state index >= 15 is 0 Å². The highest BCUT2D eigenvalue weighted by Crippen LogP contribution is 2.15. The van der Waals surface area contributed by atoms with Crippen LogP contribution >= 0.6 is 0 Å². The van der Waals surface area contributed by atoms with Crippen LogP contribution in [0, 0.1) is 6.92 Å². The van der Waals surface area contributed by atoms with E-state index < -0.39 is 0 Å². The van der Waals surface area contributed by atoms with E-state index in [9.17, 15) is 4.79 Å². The van der Waals surface area contributed by atoms with E-state index in [1.807, 2.05) is 54.3 Å². The number of carbonyl (C=O) groups is 1. The lowest BCUT2D eigenvalue weighted by Crippen LogP contribution is -2.36. The van der Waals surface area contributed by atoms with Crippen molar-refractivity contribution in [1.82, 2.24) is 4.90 Å². The minimum Gasteiger partial charge on any atom is -0.321 e. The molecule has 0 atom stereocenters. The summed E-state index contributed by atoms with van der Waals surface area (Å²) in [5, 5.41) is 3.02. The molecule has 0 aromatic heterocycles. The number of benzene rings is 2. The van der Waals surface area contributed by atoms with Crippen LogP contribution in [0.2, 0.25) is 0 Å². The Hall–Kier alpha value is -2.55. The van der Waals surface area contributed by atoms with Crippen LogP contribution in [0.15, 0.2) is 60.2 Å². The summed E-state index contributed by atoms with van der Waals surface area (Å²) in [7, 11) is 0. The molecule has 2 aromatic rings. The van der Waals surface area contributed by atoms with Crippen LogP contribution in [0.5, 0.6) is 0 Å². The highest BCUT2D eigenvalue weighted by molar-refractivity contribution is 5.90. The number of nitrogens with zero attached hydrogens (tertiary/aromatic N) is 1. The van der Waals surface area contributed by atoms with Crippen molar-refractivity contribution in [2.24, 2.45) is 0 Å². The molecule has 0 saturated carbocycles. The Morgan fingerprint density at radius 2 is 1.75 bits per heavy atom. The number of nitrogens with one attached hydrogen (secondary N) is 1. The minimum atomic E-state index is -0.0491. The zero-order valence-corrected chi connectivity index (χ0v) is 14.8. The van der Waals surface area contributed by atoms with Gasteiger partial charge in [-0.15, -0.1) is 0 Å². The highest BCUT2D eigenvalue weighted by atomic mass is 16.2. The molecule has 2 amide bonds. The van der Waals surface area contributed by atoms with Crippen molar-refractivity contribution < 1.29 is 4.79 Å². The molecule has 0 aliphatic heterocycles. The van der Waals surface area contributed by atoms with Crippen LogP contribution in [0.4, 0.5) is 10.5 Å². The van der Waals surface area contributed by atoms with E-state index in [1.54, 1.807) is 0 Å². The average molecular weight is 322 g/mol. The van der Waals surface area contributed by atoms with E-state index in [1.165, 1.54) is 0 Å². The standard InChI is InChI=1S/C21H26N2O/c1-4-14-23(16-17(2)15-19-11-6-5-7-12-19)21(24)22-20-13-9-8-10-18(20)3/h5-13,15H,4,14,16H2,1-3H3,(H,22,24)/b17-15+. The van der Waals surface area contributed by atoms with Gasteiger partial charge in [-0.25, -0.2) is 4.79 Å². The second-order valence-corrected chi connectivity index (χ2v) is 6.07. The van der Waals surface area contributed by atoms with Crippen molar-refractivity contribution in [3.8, 4) is 0 Å². The van der Waals surface area contributed by atoms with Crippen LogP contribution in [0.1, 0.15) is 31.4 Å². The zero-order valence-electron chi connectivity index (χ0n) is 14.8. The first kappa shape index (κ1) is 17.8. The molecule has 126 valence electrons. The lowest BCUT2D eigenvalue weighted by atomic mass is 10.1. The molecule has 24 heavy (non-hydrogen) atoms. The third-order valence-corrected chi connectivity index (χ3v) is 3.82. The Balaban J connectivity index is 2.06. The van der Waals surface area contributed by atoms with Crippen molar-refractivity contribution in [2.75, 3.05) is 18.4 Å². The van der Waals surface area contributed by atoms with Crippen molar-refractivity contribution in [3.63, 3.8) is 0 Å². The number of hydrogen-bond acceptors (Lipinski definition) is 1. The number of urea groups is 1. The fourth-order valence-electron chi connectivity index (χ4n) is 2.61. The predicted octanol–water partition coefficient (Wildman–Crippen LogP) is 5.34. The Morgan fingerprint density at radius 1 is 1.08 bits per heavy atom. The molecule has 2 rings (SSSR count). The predicted molar refractivity (Wildman–Crippen MR) is 102 cm³/mol. The van der Waals surface area contributed by atoms with Gasteiger partial charge in [0.15, 0.2) is 0 Å². The Kier molecular flexibility index (Phi) is 6.62. The van der Waals surface area contributed by atoms with Crippen LogP contribution in [0.3, 0.4) is 0 Å². The normalized spacial score (nSPS) is 11.2. The summed E-state index contributed by atoms with van der Waals surface area (Å²) in [6, 6.07) is 18.0. The molecular formula is C21H26N2O. The average Bonchev–Trinajstić information content (AvgIpc) is 2.57. The molecule has 0 saturated heterocycles. The van der Waals surface area contributed by atoms with Gasteiger partial charge < -0.3 is 10.2 Å². The van der Waals surface area contributed by atoms with E-state index in [0.717, 1.165) is 35.4 Å². The molecular weight excluding hydrogens is 296 g/mol. The van der Waals surface area contributed by atoms with Gasteiger partial charge in [0.25, 0.3) is 0 Å². The van der Waals surface area contributed by atoms with E-state index in [2.05, 4.69) is 37.4 Å². The van der Waals surface area contributed by atoms with Gasteiger partial charge in [0.2, 0.25) is 0 Å². The molecule has 3 heteroatoms. The maximum Gasteiger partial charge on any atom is 0.322 e. The molecule has 0 aliphatic carbocycles. The van der Waals surface area contributed by atoms with Gasteiger partial charge in [0, 0.05) is 18.8 Å². The lowest BCUT2D eigenvalue weighted by Gasteiger charge is -2.23. The largest absolute Gasteiger partial charge is 0.322 e. The molecule has 3 nitrogen and oxygen atoms in total. The van der Waals surface area contributed by atoms with Crippen LogP contribution in [-0.4, -0.2) is 24.0 Å². The van der Waals surface area contributed by atoms with Crippen LogP contribution < -0.4 is 5.32 Å². The maximum absolute atomic E-state index is 12.6. The van der Waals surface area contributed by atoms with Gasteiger partial charge in [-0.3, -0.25) is 0 Å². The number of anilines is 1. The highest BCUT2D eigenvalue weighted by Gasteiger charge is 2.14. The van der Waals surface area contributed by atoms with Crippen LogP contribution in [0.25, 0.3) is 6.08 Å². The summed E-state index contributed by atoms with van der Waals surface area (Å²) >= 11 is 0. The maximum atomic E-state index is 12.6. The van der Waals surface area contributed by atoms with E-state index in [0.29, 0.717) is 6.54 Å². The molecule has 0 aliphatic rings. The summed E-state index contributed by atoms with van der Waals surface area (Å²) in [6.07, 6.45) is 3.06. The fraction of sp³-hybridized carbons (Fsp3) is 0.286. The van der Waals surface area contributed by atoms with Gasteiger partial charge in [0.05, 0.1) is 0 Å². The van der Waals surface area contributed by atoms with Crippen LogP contribution in [-0.2, 0) is 0 Å². The summed E-state index contributed by atoms with van der Waals surface area (Å²) in [4.78, 5) is 14.5. The van der Waals surface area contributed by atoms with Crippen molar-refractivity contribution >= 4 is 17.8 Å². The molecule has 0 bridgehead atoms. The van der Waals surface area contributed by atoms with Gasteiger partial charge in [-0.2, -0.15) is 0 Å². The van der Waals surface area contributed by atoms with Crippen molar-refractivity contribution in [3.05, 3.63) is 71.3 Å².